The highest BCUT2D eigenvalue weighted by atomic mass is 14.7. The van der Waals surface area contributed by atoms with Gasteiger partial charge in [0.15, 0.2) is 0 Å². The molecule has 19 heavy (non-hydrogen) atoms. The first-order chi connectivity index (χ1) is 9.13. The number of aryl methyl sites for hydroxylation is 2. The third-order valence-corrected chi connectivity index (χ3v) is 3.16. The summed E-state index contributed by atoms with van der Waals surface area (Å²) in [4.78, 5) is 8.92. The number of nitrogen functional groups attached to an aromatic ring is 1. The molecule has 0 bridgehead atoms. The third-order valence-electron chi connectivity index (χ3n) is 3.16. The molecule has 94 valence electrons. The van der Waals surface area contributed by atoms with Gasteiger partial charge in [0.2, 0.25) is 0 Å². The minimum Gasteiger partial charge on any atom is -0.397 e. The molecule has 3 nitrogen and oxygen atoms in total. The number of aromatic nitrogens is 2. The van der Waals surface area contributed by atoms with Crippen LogP contribution in [0.25, 0.3) is 22.2 Å². The summed E-state index contributed by atoms with van der Waals surface area (Å²) in [6, 6.07) is 12.1. The van der Waals surface area contributed by atoms with Crippen molar-refractivity contribution < 1.29 is 0 Å². The monoisotopic (exact) mass is 249 g/mol. The van der Waals surface area contributed by atoms with Crippen LogP contribution in [0.15, 0.2) is 42.6 Å². The molecule has 3 heteroatoms. The van der Waals surface area contributed by atoms with E-state index in [1.807, 2.05) is 44.3 Å². The fraction of sp³-hybridized carbons (Fsp3) is 0.125. The van der Waals surface area contributed by atoms with Gasteiger partial charge < -0.3 is 5.73 Å². The van der Waals surface area contributed by atoms with E-state index in [0.29, 0.717) is 5.69 Å². The summed E-state index contributed by atoms with van der Waals surface area (Å²) in [5.74, 6) is 0. The highest BCUT2D eigenvalue weighted by Gasteiger charge is 2.06. The topological polar surface area (TPSA) is 51.8 Å². The van der Waals surface area contributed by atoms with E-state index < -0.39 is 0 Å². The summed E-state index contributed by atoms with van der Waals surface area (Å²) in [5, 5.41) is 1.10. The predicted octanol–water partition coefficient (Wildman–Crippen LogP) is 3.50. The van der Waals surface area contributed by atoms with Gasteiger partial charge in [0, 0.05) is 22.8 Å². The molecule has 0 aliphatic rings. The van der Waals surface area contributed by atoms with Crippen LogP contribution in [0.3, 0.4) is 0 Å². The summed E-state index contributed by atoms with van der Waals surface area (Å²) >= 11 is 0. The van der Waals surface area contributed by atoms with Gasteiger partial charge in [-0.3, -0.25) is 9.97 Å². The Bertz CT molecular complexity index is 763. The molecule has 3 rings (SSSR count). The Labute approximate surface area is 112 Å². The van der Waals surface area contributed by atoms with E-state index in [1.165, 1.54) is 0 Å². The second kappa shape index (κ2) is 4.35. The number of hydrogen-bond acceptors (Lipinski definition) is 3. The molecule has 0 atom stereocenters. The zero-order chi connectivity index (χ0) is 13.4. The molecule has 0 saturated heterocycles. The second-order valence-electron chi connectivity index (χ2n) is 4.81. The van der Waals surface area contributed by atoms with Crippen LogP contribution in [-0.4, -0.2) is 9.97 Å². The van der Waals surface area contributed by atoms with Crippen molar-refractivity contribution in [3.63, 3.8) is 0 Å². The van der Waals surface area contributed by atoms with Gasteiger partial charge >= 0.3 is 0 Å². The Balaban J connectivity index is 2.17. The van der Waals surface area contributed by atoms with E-state index >= 15 is 0 Å². The van der Waals surface area contributed by atoms with Gasteiger partial charge in [-0.2, -0.15) is 0 Å². The summed E-state index contributed by atoms with van der Waals surface area (Å²) in [6.07, 6.45) is 1.84. The number of nitrogens with zero attached hydrogens (tertiary/aromatic N) is 2. The first kappa shape index (κ1) is 11.7. The van der Waals surface area contributed by atoms with E-state index in [2.05, 4.69) is 22.1 Å². The zero-order valence-electron chi connectivity index (χ0n) is 11.0. The number of pyridine rings is 2. The molecule has 3 aromatic rings. The van der Waals surface area contributed by atoms with E-state index in [4.69, 9.17) is 5.73 Å². The van der Waals surface area contributed by atoms with Gasteiger partial charge in [-0.15, -0.1) is 0 Å². The van der Waals surface area contributed by atoms with Crippen LogP contribution in [0.4, 0.5) is 5.69 Å². The van der Waals surface area contributed by atoms with E-state index in [-0.39, 0.29) is 0 Å². The summed E-state index contributed by atoms with van der Waals surface area (Å²) in [6.45, 7) is 3.98. The average Bonchev–Trinajstić information content (AvgIpc) is 2.38. The lowest BCUT2D eigenvalue weighted by Crippen LogP contribution is -1.94. The minimum absolute atomic E-state index is 0.708. The number of rotatable bonds is 1. The van der Waals surface area contributed by atoms with Crippen molar-refractivity contribution in [2.24, 2.45) is 0 Å². The Morgan fingerprint density at radius 1 is 1.00 bits per heavy atom. The molecule has 0 aliphatic carbocycles. The van der Waals surface area contributed by atoms with Crippen molar-refractivity contribution in [3.05, 3.63) is 53.9 Å². The molecule has 0 spiro atoms. The fourth-order valence-electron chi connectivity index (χ4n) is 2.21. The van der Waals surface area contributed by atoms with E-state index in [1.54, 1.807) is 0 Å². The van der Waals surface area contributed by atoms with Crippen LogP contribution in [0, 0.1) is 13.8 Å². The normalized spacial score (nSPS) is 10.8. The highest BCUT2D eigenvalue weighted by Crippen LogP contribution is 2.26. The molecule has 0 amide bonds. The molecule has 0 fully saturated rings. The average molecular weight is 249 g/mol. The van der Waals surface area contributed by atoms with Crippen LogP contribution >= 0.6 is 0 Å². The van der Waals surface area contributed by atoms with Gasteiger partial charge in [0.1, 0.15) is 0 Å². The maximum absolute atomic E-state index is 6.04. The van der Waals surface area contributed by atoms with Crippen molar-refractivity contribution in [2.45, 2.75) is 13.8 Å². The van der Waals surface area contributed by atoms with E-state index in [9.17, 15) is 0 Å². The smallest absolute Gasteiger partial charge is 0.0931 e. The number of nitrogens with two attached hydrogens (primary N) is 1. The van der Waals surface area contributed by atoms with Crippen molar-refractivity contribution in [1.82, 2.24) is 9.97 Å². The fourth-order valence-corrected chi connectivity index (χ4v) is 2.21. The van der Waals surface area contributed by atoms with Crippen LogP contribution < -0.4 is 5.73 Å². The SMILES string of the molecule is Cc1cnc(-c2ccc3nc(C)ccc3c2)c(N)c1. The lowest BCUT2D eigenvalue weighted by molar-refractivity contribution is 1.25. The maximum atomic E-state index is 6.04. The van der Waals surface area contributed by atoms with Gasteiger partial charge in [0.25, 0.3) is 0 Å². The van der Waals surface area contributed by atoms with E-state index in [0.717, 1.165) is 33.4 Å². The summed E-state index contributed by atoms with van der Waals surface area (Å²) < 4.78 is 0. The molecule has 1 aromatic carbocycles. The van der Waals surface area contributed by atoms with Crippen molar-refractivity contribution in [3.8, 4) is 11.3 Å². The number of benzene rings is 1. The molecule has 0 saturated carbocycles. The zero-order valence-corrected chi connectivity index (χ0v) is 11.0. The minimum atomic E-state index is 0.708. The Kier molecular flexibility index (Phi) is 2.67. The van der Waals surface area contributed by atoms with Gasteiger partial charge in [0.05, 0.1) is 16.9 Å². The molecule has 2 heterocycles. The standard InChI is InChI=1S/C16H15N3/c1-10-7-14(17)16(18-9-10)13-5-6-15-12(8-13)4-3-11(2)19-15/h3-9H,17H2,1-2H3. The first-order valence-electron chi connectivity index (χ1n) is 6.23. The van der Waals surface area contributed by atoms with Gasteiger partial charge in [-0.05, 0) is 43.7 Å². The molecule has 0 radical (unpaired) electrons. The molecular weight excluding hydrogens is 234 g/mol. The predicted molar refractivity (Wildman–Crippen MR) is 78.9 cm³/mol. The van der Waals surface area contributed by atoms with Crippen LogP contribution in [-0.2, 0) is 0 Å². The lowest BCUT2D eigenvalue weighted by atomic mass is 10.1. The second-order valence-corrected chi connectivity index (χ2v) is 4.81. The summed E-state index contributed by atoms with van der Waals surface area (Å²) in [7, 11) is 0. The lowest BCUT2D eigenvalue weighted by Gasteiger charge is -2.07. The van der Waals surface area contributed by atoms with Crippen molar-refractivity contribution in [1.29, 1.82) is 0 Å². The Morgan fingerprint density at radius 2 is 1.84 bits per heavy atom. The van der Waals surface area contributed by atoms with Gasteiger partial charge in [-0.1, -0.05) is 12.1 Å². The first-order valence-corrected chi connectivity index (χ1v) is 6.23. The quantitative estimate of drug-likeness (QED) is 0.718. The highest BCUT2D eigenvalue weighted by molar-refractivity contribution is 5.86. The molecule has 0 aliphatic heterocycles. The van der Waals surface area contributed by atoms with Crippen LogP contribution in [0.5, 0.6) is 0 Å². The van der Waals surface area contributed by atoms with Crippen molar-refractivity contribution >= 4 is 16.6 Å². The van der Waals surface area contributed by atoms with Gasteiger partial charge in [-0.25, -0.2) is 0 Å². The number of anilines is 1. The third kappa shape index (κ3) is 2.15. The molecule has 0 unspecified atom stereocenters. The molecule has 2 N–H and O–H groups in total. The number of hydrogen-bond donors (Lipinski definition) is 1. The Hall–Kier alpha value is -2.42. The molecule has 2 aromatic heterocycles. The number of fused-ring (bicyclic) bond motifs is 1. The maximum Gasteiger partial charge on any atom is 0.0931 e. The largest absolute Gasteiger partial charge is 0.397 e. The van der Waals surface area contributed by atoms with Crippen LogP contribution in [0.1, 0.15) is 11.3 Å². The van der Waals surface area contributed by atoms with Crippen LogP contribution in [0.2, 0.25) is 0 Å². The molecular formula is C16H15N3. The van der Waals surface area contributed by atoms with Crippen molar-refractivity contribution in [2.75, 3.05) is 5.73 Å². The Morgan fingerprint density at radius 3 is 2.63 bits per heavy atom. The summed E-state index contributed by atoms with van der Waals surface area (Å²) in [5.41, 5.74) is 11.7.